The highest BCUT2D eigenvalue weighted by Gasteiger charge is 2.45. The molecule has 0 spiro atoms. The van der Waals surface area contributed by atoms with E-state index in [9.17, 15) is 19.5 Å². The van der Waals surface area contributed by atoms with Crippen LogP contribution < -0.4 is 10.9 Å². The minimum absolute atomic E-state index is 0.0933. The van der Waals surface area contributed by atoms with E-state index in [-0.39, 0.29) is 24.6 Å². The molecule has 2 N–H and O–H groups in total. The van der Waals surface area contributed by atoms with Gasteiger partial charge in [-0.25, -0.2) is 14.6 Å². The molecule has 3 aliphatic rings. The van der Waals surface area contributed by atoms with Crippen LogP contribution in [0.4, 0.5) is 10.5 Å². The third kappa shape index (κ3) is 3.32. The number of nitrogens with one attached hydrogen (secondary N) is 1. The molecule has 186 valence electrons. The van der Waals surface area contributed by atoms with E-state index in [0.717, 1.165) is 24.0 Å². The summed E-state index contributed by atoms with van der Waals surface area (Å²) in [5, 5.41) is 14.8. The number of benzene rings is 1. The molecule has 10 heteroatoms. The van der Waals surface area contributed by atoms with E-state index in [1.54, 1.807) is 22.5 Å². The van der Waals surface area contributed by atoms with Crippen molar-refractivity contribution in [1.82, 2.24) is 19.4 Å². The zero-order chi connectivity index (χ0) is 25.2. The molecule has 36 heavy (non-hydrogen) atoms. The third-order valence-corrected chi connectivity index (χ3v) is 7.58. The van der Waals surface area contributed by atoms with Crippen LogP contribution in [0.3, 0.4) is 0 Å². The van der Waals surface area contributed by atoms with E-state index >= 15 is 0 Å². The number of anilines is 1. The second kappa shape index (κ2) is 8.14. The Kier molecular flexibility index (Phi) is 5.13. The maximum Gasteiger partial charge on any atom is 0.343 e. The lowest BCUT2D eigenvalue weighted by atomic mass is 9.86. The average molecular weight is 490 g/mol. The molecule has 3 aromatic rings. The minimum atomic E-state index is -1.86. The van der Waals surface area contributed by atoms with Crippen LogP contribution in [0.5, 0.6) is 0 Å². The number of aliphatic hydroxyl groups is 1. The van der Waals surface area contributed by atoms with Crippen LogP contribution in [0.2, 0.25) is 0 Å². The summed E-state index contributed by atoms with van der Waals surface area (Å²) in [7, 11) is 2.04. The highest BCUT2D eigenvalue weighted by molar-refractivity contribution is 6.01. The highest BCUT2D eigenvalue weighted by Crippen LogP contribution is 2.39. The van der Waals surface area contributed by atoms with Gasteiger partial charge < -0.3 is 29.5 Å². The van der Waals surface area contributed by atoms with E-state index < -0.39 is 11.6 Å². The van der Waals surface area contributed by atoms with Crippen molar-refractivity contribution in [2.24, 2.45) is 0 Å². The van der Waals surface area contributed by atoms with Gasteiger partial charge in [-0.2, -0.15) is 0 Å². The Labute approximate surface area is 207 Å². The number of cyclic esters (lactones) is 1. The normalized spacial score (nSPS) is 21.1. The van der Waals surface area contributed by atoms with Crippen molar-refractivity contribution in [3.8, 4) is 11.4 Å². The standard InChI is InChI=1S/C26H27N5O5/c1-3-26(35)18-12-21-22-15(13-31(21)23(32)17(18)14-36-24(26)33)11-16-19(27-22)5-4-6-20(16)28-25(34)30-9-7-29(2)8-10-30/h4-6,11-12,35H,3,7-10,13-14H2,1-2H3,(H,28,34)/t26-/m0/s1. The number of hydrogen-bond acceptors (Lipinski definition) is 7. The summed E-state index contributed by atoms with van der Waals surface area (Å²) in [4.78, 5) is 47.5. The lowest BCUT2D eigenvalue weighted by Gasteiger charge is -2.32. The van der Waals surface area contributed by atoms with Gasteiger partial charge in [0.15, 0.2) is 5.60 Å². The second-order valence-electron chi connectivity index (χ2n) is 9.69. The summed E-state index contributed by atoms with van der Waals surface area (Å²) in [6.45, 7) is 4.82. The van der Waals surface area contributed by atoms with Crippen LogP contribution in [0, 0.1) is 0 Å². The number of ether oxygens (including phenoxy) is 1. The number of piperazine rings is 1. The molecule has 1 aromatic carbocycles. The quantitative estimate of drug-likeness (QED) is 0.413. The van der Waals surface area contributed by atoms with Crippen LogP contribution >= 0.6 is 0 Å². The number of likely N-dealkylation sites (N-methyl/N-ethyl adjacent to an activating group) is 1. The van der Waals surface area contributed by atoms with Gasteiger partial charge in [-0.1, -0.05) is 13.0 Å². The lowest BCUT2D eigenvalue weighted by molar-refractivity contribution is -0.172. The number of urea groups is 1. The molecule has 5 heterocycles. The predicted molar refractivity (Wildman–Crippen MR) is 133 cm³/mol. The maximum absolute atomic E-state index is 13.4. The van der Waals surface area contributed by atoms with Crippen molar-refractivity contribution in [1.29, 1.82) is 0 Å². The first-order chi connectivity index (χ1) is 17.3. The van der Waals surface area contributed by atoms with E-state index in [1.165, 1.54) is 0 Å². The molecule has 0 radical (unpaired) electrons. The first-order valence-electron chi connectivity index (χ1n) is 12.1. The second-order valence-corrected chi connectivity index (χ2v) is 9.69. The fourth-order valence-electron chi connectivity index (χ4n) is 5.32. The van der Waals surface area contributed by atoms with Crippen LogP contribution in [-0.4, -0.2) is 69.7 Å². The molecule has 10 nitrogen and oxygen atoms in total. The van der Waals surface area contributed by atoms with E-state index in [1.807, 2.05) is 31.3 Å². The topological polar surface area (TPSA) is 117 Å². The first-order valence-corrected chi connectivity index (χ1v) is 12.1. The van der Waals surface area contributed by atoms with Crippen molar-refractivity contribution in [2.75, 3.05) is 38.5 Å². The van der Waals surface area contributed by atoms with Crippen molar-refractivity contribution < 1.29 is 19.4 Å². The number of nitrogens with zero attached hydrogens (tertiary/aromatic N) is 4. The number of carbonyl (C=O) groups is 2. The molecule has 1 saturated heterocycles. The Bertz CT molecular complexity index is 1490. The molecule has 0 bridgehead atoms. The van der Waals surface area contributed by atoms with Crippen LogP contribution in [0.1, 0.15) is 30.0 Å². The molecule has 2 aromatic heterocycles. The Morgan fingerprint density at radius 3 is 2.72 bits per heavy atom. The van der Waals surface area contributed by atoms with Crippen LogP contribution in [0.25, 0.3) is 22.3 Å². The summed E-state index contributed by atoms with van der Waals surface area (Å²) in [5.41, 5.74) is 1.78. The van der Waals surface area contributed by atoms with Crippen LogP contribution in [0.15, 0.2) is 35.1 Å². The van der Waals surface area contributed by atoms with Crippen molar-refractivity contribution in [2.45, 2.75) is 32.1 Å². The highest BCUT2D eigenvalue weighted by atomic mass is 16.6. The maximum atomic E-state index is 13.4. The predicted octanol–water partition coefficient (Wildman–Crippen LogP) is 1.86. The number of rotatable bonds is 2. The number of fused-ring (bicyclic) bond motifs is 5. The molecule has 0 unspecified atom stereocenters. The molecular weight excluding hydrogens is 462 g/mol. The van der Waals surface area contributed by atoms with Crippen molar-refractivity contribution >= 4 is 28.6 Å². The molecule has 0 saturated carbocycles. The van der Waals surface area contributed by atoms with Crippen molar-refractivity contribution in [3.05, 3.63) is 57.4 Å². The summed E-state index contributed by atoms with van der Waals surface area (Å²) < 4.78 is 6.74. The van der Waals surface area contributed by atoms with Gasteiger partial charge in [0.25, 0.3) is 5.56 Å². The summed E-state index contributed by atoms with van der Waals surface area (Å²) in [6.07, 6.45) is 0.0933. The first kappa shape index (κ1) is 22.7. The van der Waals surface area contributed by atoms with Gasteiger partial charge in [-0.05, 0) is 37.7 Å². The SMILES string of the molecule is CC[C@@]1(O)C(=O)OCc2c1cc1n(c2=O)Cc2cc3c(NC(=O)N4CCN(C)CC4)cccc3nc2-1. The monoisotopic (exact) mass is 489 g/mol. The van der Waals surface area contributed by atoms with Gasteiger partial charge in [-0.3, -0.25) is 4.79 Å². The number of hydrogen-bond donors (Lipinski definition) is 2. The Morgan fingerprint density at radius 1 is 1.19 bits per heavy atom. The Hall–Kier alpha value is -3.76. The fraction of sp³-hybridized carbons (Fsp3) is 0.385. The minimum Gasteiger partial charge on any atom is -0.458 e. The molecule has 0 aliphatic carbocycles. The molecule has 6 rings (SSSR count). The van der Waals surface area contributed by atoms with E-state index in [4.69, 9.17) is 9.72 Å². The zero-order valence-corrected chi connectivity index (χ0v) is 20.2. The molecular formula is C26H27N5O5. The Balaban J connectivity index is 1.40. The largest absolute Gasteiger partial charge is 0.458 e. The number of esters is 1. The van der Waals surface area contributed by atoms with Crippen LogP contribution in [-0.2, 0) is 28.3 Å². The fourth-order valence-corrected chi connectivity index (χ4v) is 5.32. The molecule has 2 amide bonds. The van der Waals surface area contributed by atoms with E-state index in [0.29, 0.717) is 53.4 Å². The molecule has 3 aliphatic heterocycles. The summed E-state index contributed by atoms with van der Waals surface area (Å²) >= 11 is 0. The number of carbonyl (C=O) groups excluding carboxylic acids is 2. The smallest absolute Gasteiger partial charge is 0.343 e. The number of amides is 2. The van der Waals surface area contributed by atoms with Gasteiger partial charge in [0, 0.05) is 42.7 Å². The molecule has 1 fully saturated rings. The summed E-state index contributed by atoms with van der Waals surface area (Å²) in [6, 6.07) is 9.05. The number of pyridine rings is 2. The van der Waals surface area contributed by atoms with Gasteiger partial charge in [0.2, 0.25) is 0 Å². The van der Waals surface area contributed by atoms with Gasteiger partial charge >= 0.3 is 12.0 Å². The average Bonchev–Trinajstić information content (AvgIpc) is 3.24. The zero-order valence-electron chi connectivity index (χ0n) is 20.2. The number of aromatic nitrogens is 2. The van der Waals surface area contributed by atoms with E-state index in [2.05, 4.69) is 10.2 Å². The molecule has 1 atom stereocenters. The van der Waals surface area contributed by atoms with Gasteiger partial charge in [0.05, 0.1) is 34.7 Å². The van der Waals surface area contributed by atoms with Gasteiger partial charge in [-0.15, -0.1) is 0 Å². The van der Waals surface area contributed by atoms with Gasteiger partial charge in [0.1, 0.15) is 6.61 Å². The third-order valence-electron chi connectivity index (χ3n) is 7.58. The lowest BCUT2D eigenvalue weighted by Crippen LogP contribution is -2.48. The van der Waals surface area contributed by atoms with Crippen molar-refractivity contribution in [3.63, 3.8) is 0 Å². The Morgan fingerprint density at radius 2 is 1.97 bits per heavy atom. The summed E-state index contributed by atoms with van der Waals surface area (Å²) in [5.74, 6) is -0.743.